The van der Waals surface area contributed by atoms with Crippen molar-refractivity contribution in [1.82, 2.24) is 5.34 Å². The molecule has 3 aliphatic rings. The number of nitrogens with one attached hydrogen (secondary N) is 1. The van der Waals surface area contributed by atoms with Crippen LogP contribution in [0.25, 0.3) is 0 Å². The molecule has 1 heterocycles. The van der Waals surface area contributed by atoms with Crippen molar-refractivity contribution in [2.75, 3.05) is 6.61 Å². The third kappa shape index (κ3) is 5.66. The number of hydrogen-bond donors (Lipinski definition) is 3. The quantitative estimate of drug-likeness (QED) is 0.264. The van der Waals surface area contributed by atoms with Crippen molar-refractivity contribution in [3.8, 4) is 5.75 Å². The Morgan fingerprint density at radius 2 is 2.05 bits per heavy atom. The Kier molecular flexibility index (Phi) is 8.34. The lowest BCUT2D eigenvalue weighted by Gasteiger charge is -2.60. The minimum atomic E-state index is -0.947. The highest BCUT2D eigenvalue weighted by molar-refractivity contribution is 6.65. The number of carbonyl (C=O) groups excluding carboxylic acids is 2. The van der Waals surface area contributed by atoms with E-state index < -0.39 is 30.6 Å². The predicted octanol–water partition coefficient (Wildman–Crippen LogP) is 3.38. The summed E-state index contributed by atoms with van der Waals surface area (Å²) in [6.45, 7) is 13.9. The van der Waals surface area contributed by atoms with Gasteiger partial charge < -0.3 is 29.7 Å². The molecule has 8 nitrogen and oxygen atoms in total. The van der Waals surface area contributed by atoms with Crippen molar-refractivity contribution in [2.24, 2.45) is 33.2 Å². The van der Waals surface area contributed by atoms with Gasteiger partial charge in [0.25, 0.3) is 0 Å². The molecule has 2 fully saturated rings. The predicted molar refractivity (Wildman–Crippen MR) is 152 cm³/mol. The third-order valence-corrected chi connectivity index (χ3v) is 10.2. The Balaban J connectivity index is 1.57. The summed E-state index contributed by atoms with van der Waals surface area (Å²) < 4.78 is 12.0. The summed E-state index contributed by atoms with van der Waals surface area (Å²) >= 11 is 0. The van der Waals surface area contributed by atoms with Gasteiger partial charge in [-0.25, -0.2) is 4.79 Å². The first-order chi connectivity index (χ1) is 18.3. The van der Waals surface area contributed by atoms with Gasteiger partial charge in [-0.2, -0.15) is 5.10 Å². The van der Waals surface area contributed by atoms with Gasteiger partial charge in [0.15, 0.2) is 6.61 Å². The topological polar surface area (TPSA) is 117 Å². The molecule has 0 amide bonds. The van der Waals surface area contributed by atoms with Crippen LogP contribution in [-0.4, -0.2) is 54.0 Å². The molecule has 1 aromatic carbocycles. The van der Waals surface area contributed by atoms with Crippen molar-refractivity contribution < 1.29 is 29.2 Å². The van der Waals surface area contributed by atoms with Crippen LogP contribution >= 0.6 is 0 Å². The fourth-order valence-corrected chi connectivity index (χ4v) is 7.16. The molecule has 1 aliphatic heterocycles. The van der Waals surface area contributed by atoms with Crippen LogP contribution in [0.4, 0.5) is 0 Å². The fraction of sp³-hybridized carbons (Fsp3) is 0.633. The number of carbonyl (C=O) groups is 2. The highest BCUT2D eigenvalue weighted by Crippen LogP contribution is 2.62. The van der Waals surface area contributed by atoms with Crippen molar-refractivity contribution in [1.29, 1.82) is 0 Å². The van der Waals surface area contributed by atoms with E-state index >= 15 is 0 Å². The number of rotatable bonds is 8. The third-order valence-electron chi connectivity index (χ3n) is 10.2. The Bertz CT molecular complexity index is 1140. The molecule has 0 aromatic heterocycles. The molecule has 2 aliphatic carbocycles. The normalized spacial score (nSPS) is 35.6. The van der Waals surface area contributed by atoms with Crippen LogP contribution < -0.4 is 15.5 Å². The maximum Gasteiger partial charge on any atom is 0.464 e. The molecule has 4 rings (SSSR count). The summed E-state index contributed by atoms with van der Waals surface area (Å²) in [5.41, 5.74) is 0.138. The van der Waals surface area contributed by atoms with Gasteiger partial charge in [-0.15, -0.1) is 6.58 Å². The second-order valence-electron chi connectivity index (χ2n) is 12.7. The Morgan fingerprint density at radius 3 is 2.74 bits per heavy atom. The fourth-order valence-electron chi connectivity index (χ4n) is 7.16. The molecule has 2 saturated carbocycles. The first kappa shape index (κ1) is 29.3. The number of benzene rings is 1. The summed E-state index contributed by atoms with van der Waals surface area (Å²) in [6, 6.07) is 5.19. The number of hydrazone groups is 1. The van der Waals surface area contributed by atoms with E-state index in [4.69, 9.17) is 9.47 Å². The van der Waals surface area contributed by atoms with Crippen molar-refractivity contribution in [3.63, 3.8) is 0 Å². The second-order valence-corrected chi connectivity index (χ2v) is 12.7. The number of nitrogens with zero attached hydrogens (tertiary/aromatic N) is 1. The largest absolute Gasteiger partial charge is 0.482 e. The summed E-state index contributed by atoms with van der Waals surface area (Å²) in [6.07, 6.45) is 6.55. The first-order valence-corrected chi connectivity index (χ1v) is 14.1. The van der Waals surface area contributed by atoms with E-state index in [1.54, 1.807) is 37.4 Å². The number of Topliss-reactive ketones (excluding diaryl/α,β-unsaturated/α-hetero) is 1. The van der Waals surface area contributed by atoms with Gasteiger partial charge in [0.2, 0.25) is 0 Å². The van der Waals surface area contributed by atoms with E-state index in [1.807, 2.05) is 6.92 Å². The highest BCUT2D eigenvalue weighted by atomic mass is 16.6. The molecule has 0 unspecified atom stereocenters. The smallest absolute Gasteiger partial charge is 0.464 e. The van der Waals surface area contributed by atoms with Crippen LogP contribution in [0.2, 0.25) is 0 Å². The summed E-state index contributed by atoms with van der Waals surface area (Å²) in [7, 11) is -0.947. The number of aliphatic hydroxyl groups is 1. The Labute approximate surface area is 232 Å². The van der Waals surface area contributed by atoms with Crippen LogP contribution in [0.15, 0.2) is 36.0 Å². The zero-order valence-corrected chi connectivity index (χ0v) is 23.9. The average Bonchev–Trinajstić information content (AvgIpc) is 2.91. The van der Waals surface area contributed by atoms with Gasteiger partial charge in [0, 0.05) is 17.3 Å². The minimum absolute atomic E-state index is 0.0365. The van der Waals surface area contributed by atoms with Crippen molar-refractivity contribution >= 4 is 30.5 Å². The molecular weight excluding hydrogens is 495 g/mol. The van der Waals surface area contributed by atoms with Crippen LogP contribution in [0, 0.1) is 28.1 Å². The van der Waals surface area contributed by atoms with E-state index in [0.29, 0.717) is 30.5 Å². The maximum absolute atomic E-state index is 13.2. The number of hydrogen-bond acceptors (Lipinski definition) is 8. The monoisotopic (exact) mass is 538 g/mol. The molecule has 0 radical (unpaired) electrons. The number of ether oxygens (including phenoxy) is 2. The maximum atomic E-state index is 13.2. The molecule has 39 heavy (non-hydrogen) atoms. The van der Waals surface area contributed by atoms with Crippen molar-refractivity contribution in [3.05, 3.63) is 36.4 Å². The van der Waals surface area contributed by atoms with E-state index in [1.165, 1.54) is 0 Å². The number of esters is 1. The van der Waals surface area contributed by atoms with Crippen molar-refractivity contribution in [2.45, 2.75) is 85.4 Å². The lowest BCUT2D eigenvalue weighted by atomic mass is 9.47. The van der Waals surface area contributed by atoms with E-state index in [-0.39, 0.29) is 35.1 Å². The molecule has 7 atom stereocenters. The van der Waals surface area contributed by atoms with Crippen LogP contribution in [0.1, 0.15) is 78.7 Å². The van der Waals surface area contributed by atoms with E-state index in [2.05, 4.69) is 37.8 Å². The van der Waals surface area contributed by atoms with Gasteiger partial charge in [-0.3, -0.25) is 0 Å². The molecule has 212 valence electrons. The summed E-state index contributed by atoms with van der Waals surface area (Å²) in [4.78, 5) is 25.2. The lowest BCUT2D eigenvalue weighted by molar-refractivity contribution is -0.190. The summed E-state index contributed by atoms with van der Waals surface area (Å²) in [5.74, 6) is 0.360. The van der Waals surface area contributed by atoms with Gasteiger partial charge in [0.05, 0.1) is 12.3 Å². The van der Waals surface area contributed by atoms with E-state index in [0.717, 1.165) is 24.8 Å². The van der Waals surface area contributed by atoms with Gasteiger partial charge in [0.1, 0.15) is 17.6 Å². The number of aliphatic hydroxyl groups excluding tert-OH is 1. The average molecular weight is 538 g/mol. The minimum Gasteiger partial charge on any atom is -0.482 e. The zero-order chi connectivity index (χ0) is 28.6. The highest BCUT2D eigenvalue weighted by Gasteiger charge is 2.58. The molecule has 0 saturated heterocycles. The van der Waals surface area contributed by atoms with Gasteiger partial charge in [-0.05, 0) is 79.4 Å². The van der Waals surface area contributed by atoms with Crippen LogP contribution in [0.5, 0.6) is 5.75 Å². The SMILES string of the molecule is C=C[C@]1(C)C[C@@H](OC(=O)COc2ccc3c(c2)B(O)NN=C3)[C@@]2(C)C[C@](CCC(C)=O)(CC[C@H]2C)[C@@H](C)[C@@H]1O. The molecule has 1 aromatic rings. The van der Waals surface area contributed by atoms with Crippen LogP contribution in [0.3, 0.4) is 0 Å². The first-order valence-electron chi connectivity index (χ1n) is 14.1. The van der Waals surface area contributed by atoms with Crippen LogP contribution in [-0.2, 0) is 14.3 Å². The molecular formula is C30H43BN2O6. The number of fused-ring (bicyclic) bond motifs is 3. The number of ketones is 1. The zero-order valence-electron chi connectivity index (χ0n) is 23.9. The summed E-state index contributed by atoms with van der Waals surface area (Å²) in [5, 5.41) is 28.3. The lowest BCUT2D eigenvalue weighted by Crippen LogP contribution is -2.58. The standard InChI is InChI=1S/C30H43BN2O6/c1-7-28(5)15-25(39-26(35)17-38-23-9-8-22-16-32-33-31(37)24(22)14-23)29(6)18-30(12-10-19(29)2,13-11-20(3)34)21(4)27(28)36/h7-9,14,16,19,21,25,27,33,36-37H,1,10-13,15,17-18H2,2-6H3/t19-,21+,25-,27+,28-,29+,30-/m1/s1. The van der Waals surface area contributed by atoms with E-state index in [9.17, 15) is 19.7 Å². The second kappa shape index (κ2) is 11.1. The molecule has 0 spiro atoms. The Morgan fingerprint density at radius 1 is 1.31 bits per heavy atom. The molecule has 9 heteroatoms. The molecule has 2 bridgehead atoms. The Hall–Kier alpha value is -2.65. The van der Waals surface area contributed by atoms with Gasteiger partial charge >= 0.3 is 13.0 Å². The molecule has 3 N–H and O–H groups in total. The van der Waals surface area contributed by atoms with Gasteiger partial charge in [-0.1, -0.05) is 39.8 Å².